The van der Waals surface area contributed by atoms with Crippen LogP contribution in [0.15, 0.2) is 0 Å². The normalized spacial score (nSPS) is 1.33. The molecule has 0 fully saturated rings. The Morgan fingerprint density at radius 3 is 0.778 bits per heavy atom. The maximum absolute atomic E-state index is 8.10. The summed E-state index contributed by atoms with van der Waals surface area (Å²) in [7, 11) is 0. The molecule has 0 aliphatic heterocycles. The van der Waals surface area contributed by atoms with Crippen molar-refractivity contribution in [2.24, 2.45) is 0 Å². The monoisotopic (exact) mass is 354 g/mol. The fraction of sp³-hybridized carbons (Fsp3) is 0. The average molecular weight is 357 g/mol. The van der Waals surface area contributed by atoms with Crippen LogP contribution in [0.4, 0.5) is 0 Å². The van der Waals surface area contributed by atoms with Crippen LogP contribution < -0.4 is 0 Å². The summed E-state index contributed by atoms with van der Waals surface area (Å²) in [5.41, 5.74) is 0. The van der Waals surface area contributed by atoms with Gasteiger partial charge in [0, 0.05) is 0 Å². The van der Waals surface area contributed by atoms with Gasteiger partial charge in [-0.1, -0.05) is 0 Å². The maximum atomic E-state index is 8.10. The second kappa shape index (κ2) is 182. The quantitative estimate of drug-likeness (QED) is 0.675. The van der Waals surface area contributed by atoms with Crippen molar-refractivity contribution in [1.29, 1.82) is 0 Å². The first kappa shape index (κ1) is 66.5. The molecule has 0 bridgehead atoms. The molecule has 0 saturated carbocycles. The molecule has 0 aromatic heterocycles. The van der Waals surface area contributed by atoms with E-state index >= 15 is 0 Å². The predicted molar refractivity (Wildman–Crippen MR) is 45.0 cm³/mol. The van der Waals surface area contributed by atoms with Gasteiger partial charge in [0.05, 0.1) is 11.9 Å². The first-order valence-electron chi connectivity index (χ1n) is 0.298. The Balaban J connectivity index is -0.00000000114. The molecule has 9 heavy (non-hydrogen) atoms. The number of halogens is 6. The Bertz CT molecular complexity index is 11.0. The molecule has 0 heterocycles. The summed E-state index contributed by atoms with van der Waals surface area (Å²) < 4.78 is 14.6. The summed E-state index contributed by atoms with van der Waals surface area (Å²) in [6, 6.07) is 0. The Hall–Kier alpha value is 2.16. The van der Waals surface area contributed by atoms with Gasteiger partial charge in [0.1, 0.15) is 0 Å². The van der Waals surface area contributed by atoms with E-state index in [2.05, 4.69) is 11.9 Å². The van der Waals surface area contributed by atoms with Crippen molar-refractivity contribution in [2.45, 2.75) is 0 Å². The molecule has 70 valence electrons. The van der Waals surface area contributed by atoms with Gasteiger partial charge in [-0.25, -0.2) is 0 Å². The first-order valence-corrected chi connectivity index (χ1v) is 1.27. The van der Waals surface area contributed by atoms with Crippen molar-refractivity contribution in [3.05, 3.63) is 0 Å². The molecule has 0 radical (unpaired) electrons. The van der Waals surface area contributed by atoms with Gasteiger partial charge in [-0.15, -0.1) is 62.0 Å². The zero-order valence-electron chi connectivity index (χ0n) is 3.59. The van der Waals surface area contributed by atoms with Gasteiger partial charge in [0.2, 0.25) is 0 Å². The molecule has 0 aliphatic carbocycles. The summed E-state index contributed by atoms with van der Waals surface area (Å²) >= 11 is 5.14. The molecular weight excluding hydrogens is 351 g/mol. The molecule has 0 spiro atoms. The van der Waals surface area contributed by atoms with E-state index < -0.39 is 0 Å². The topological polar surface area (TPSA) is 37.3 Å². The second-order valence-corrected chi connectivity index (χ2v) is 0. The Morgan fingerprint density at radius 1 is 0.778 bits per heavy atom. The van der Waals surface area contributed by atoms with Crippen LogP contribution in [-0.2, 0) is 22.6 Å². The van der Waals surface area contributed by atoms with Crippen molar-refractivity contribution in [1.82, 2.24) is 0 Å². The molecule has 0 unspecified atom stereocenters. The molecule has 9 heteroatoms. The van der Waals surface area contributed by atoms with Gasteiger partial charge in [-0.05, 0) is 0 Å². The second-order valence-electron chi connectivity index (χ2n) is 0. The molecule has 0 aliphatic rings. The molecule has 2 nitrogen and oxygen atoms in total. The van der Waals surface area contributed by atoms with Crippen LogP contribution in [0.2, 0.25) is 0 Å². The van der Waals surface area contributed by atoms with Gasteiger partial charge >= 0.3 is 22.6 Å². The molecule has 0 rings (SSSR count). The van der Waals surface area contributed by atoms with Gasteiger partial charge in [-0.2, -0.15) is 0 Å². The van der Waals surface area contributed by atoms with E-state index in [0.29, 0.717) is 0 Å². The van der Waals surface area contributed by atoms with E-state index in [0.717, 1.165) is 0 Å². The van der Waals surface area contributed by atoms with Gasteiger partial charge in [0.15, 0.2) is 0 Å². The zero-order chi connectivity index (χ0) is 4.00. The SMILES string of the molecule is Cl.Cl.Cl.Cl.Cl.OCl.[O]=[Pd]. The Kier molecular flexibility index (Phi) is 1350. The predicted octanol–water partition coefficient (Wildman–Crippen LogP) is 2.12. The van der Waals surface area contributed by atoms with Crippen molar-refractivity contribution in [2.75, 3.05) is 0 Å². The van der Waals surface area contributed by atoms with Crippen molar-refractivity contribution >= 4 is 73.9 Å². The molecular formula is H6Cl6O2Pd. The van der Waals surface area contributed by atoms with Crippen LogP contribution in [0.25, 0.3) is 0 Å². The van der Waals surface area contributed by atoms with E-state index in [1.807, 2.05) is 0 Å². The Morgan fingerprint density at radius 2 is 0.778 bits per heavy atom. The van der Waals surface area contributed by atoms with Crippen molar-refractivity contribution in [3.63, 3.8) is 0 Å². The minimum atomic E-state index is 0. The fourth-order valence-corrected chi connectivity index (χ4v) is 0. The van der Waals surface area contributed by atoms with Crippen LogP contribution in [0.5, 0.6) is 0 Å². The van der Waals surface area contributed by atoms with Crippen molar-refractivity contribution < 1.29 is 27.3 Å². The molecule has 1 N–H and O–H groups in total. The van der Waals surface area contributed by atoms with Gasteiger partial charge in [0.25, 0.3) is 0 Å². The third kappa shape index (κ3) is 145. The van der Waals surface area contributed by atoms with Crippen LogP contribution in [0.3, 0.4) is 0 Å². The number of hydrogen-bond donors (Lipinski definition) is 1. The van der Waals surface area contributed by atoms with Crippen LogP contribution in [0.1, 0.15) is 0 Å². The summed E-state index contributed by atoms with van der Waals surface area (Å²) in [4.78, 5) is 0. The summed E-state index contributed by atoms with van der Waals surface area (Å²) in [5.74, 6) is 0. The van der Waals surface area contributed by atoms with Crippen LogP contribution in [0, 0.1) is 0 Å². The van der Waals surface area contributed by atoms with E-state index in [-0.39, 0.29) is 62.0 Å². The standard InChI is InChI=1S/ClHO.5ClH.O.Pd/c1-2;;;;;;;/h2H;5*1H;;. The third-order valence-electron chi connectivity index (χ3n) is 0. The summed E-state index contributed by atoms with van der Waals surface area (Å²) in [6.07, 6.45) is 0. The third-order valence-corrected chi connectivity index (χ3v) is 0. The molecule has 0 aromatic carbocycles. The molecule has 0 aromatic rings. The summed E-state index contributed by atoms with van der Waals surface area (Å²) in [5, 5.41) is 0. The fourth-order valence-electron chi connectivity index (χ4n) is 0. The first-order chi connectivity index (χ1) is 2.00. The average Bonchev–Trinajstić information content (AvgIpc) is 1.50. The van der Waals surface area contributed by atoms with E-state index in [4.69, 9.17) is 8.13 Å². The van der Waals surface area contributed by atoms with Gasteiger partial charge in [-0.3, -0.25) is 4.66 Å². The van der Waals surface area contributed by atoms with Crippen LogP contribution in [-0.4, -0.2) is 4.66 Å². The van der Waals surface area contributed by atoms with Crippen molar-refractivity contribution in [3.8, 4) is 0 Å². The Labute approximate surface area is 100 Å². The number of rotatable bonds is 0. The van der Waals surface area contributed by atoms with Gasteiger partial charge < -0.3 is 0 Å². The van der Waals surface area contributed by atoms with E-state index in [1.54, 1.807) is 0 Å². The van der Waals surface area contributed by atoms with E-state index in [1.165, 1.54) is 19.2 Å². The molecule has 0 atom stereocenters. The zero-order valence-corrected chi connectivity index (χ0v) is 9.98. The number of hydrogen-bond acceptors (Lipinski definition) is 2. The van der Waals surface area contributed by atoms with Crippen LogP contribution >= 0.6 is 73.9 Å². The van der Waals surface area contributed by atoms with E-state index in [9.17, 15) is 0 Å². The minimum absolute atomic E-state index is 0. The molecule has 0 amide bonds. The molecule has 0 saturated heterocycles. The summed E-state index contributed by atoms with van der Waals surface area (Å²) in [6.45, 7) is 0.